The first-order valence-corrected chi connectivity index (χ1v) is 16.9. The number of hydrogen-bond acceptors (Lipinski definition) is 12. The summed E-state index contributed by atoms with van der Waals surface area (Å²) >= 11 is 0. The van der Waals surface area contributed by atoms with Crippen molar-refractivity contribution in [1.82, 2.24) is 20.2 Å². The first-order chi connectivity index (χ1) is 23.4. The van der Waals surface area contributed by atoms with E-state index in [9.17, 15) is 34.2 Å². The SMILES string of the molecule is CCCCCCCCO[C@@H]1[C@H](OC)[C@@H]([C@@H](O[C@H]2OC(C(=O)N[C@H]3CCC[C@H](C)NC3=O)=C[C@H](O)[C@@H]2O)C(N)=O)O[C@H]1n1ccc(=O)[nH]c1=O. The summed E-state index contributed by atoms with van der Waals surface area (Å²) in [5.74, 6) is -2.75. The summed E-state index contributed by atoms with van der Waals surface area (Å²) in [4.78, 5) is 65.3. The summed E-state index contributed by atoms with van der Waals surface area (Å²) in [7, 11) is 1.34. The van der Waals surface area contributed by atoms with E-state index in [1.165, 1.54) is 13.3 Å². The molecular formula is C32H49N5O12. The lowest BCUT2D eigenvalue weighted by Gasteiger charge is -2.35. The number of unbranched alkanes of at least 4 members (excludes halogenated alkanes) is 5. The van der Waals surface area contributed by atoms with Crippen LogP contribution in [0.15, 0.2) is 33.7 Å². The van der Waals surface area contributed by atoms with Crippen molar-refractivity contribution in [2.45, 2.75) is 133 Å². The van der Waals surface area contributed by atoms with Crippen LogP contribution < -0.4 is 27.6 Å². The normalized spacial score (nSPS) is 30.8. The van der Waals surface area contributed by atoms with Gasteiger partial charge in [0, 0.05) is 32.0 Å². The van der Waals surface area contributed by atoms with E-state index in [1.807, 2.05) is 6.92 Å². The number of carbonyl (C=O) groups excluding carboxylic acids is 3. The average Bonchev–Trinajstić information content (AvgIpc) is 3.32. The van der Waals surface area contributed by atoms with Gasteiger partial charge in [-0.05, 0) is 38.7 Å². The van der Waals surface area contributed by atoms with Crippen LogP contribution in [0.25, 0.3) is 0 Å². The van der Waals surface area contributed by atoms with Gasteiger partial charge in [0.1, 0.15) is 36.6 Å². The third-order valence-electron chi connectivity index (χ3n) is 8.85. The maximum atomic E-state index is 13.1. The van der Waals surface area contributed by atoms with Gasteiger partial charge >= 0.3 is 5.69 Å². The molecule has 10 atom stereocenters. The highest BCUT2D eigenvalue weighted by molar-refractivity contribution is 5.95. The van der Waals surface area contributed by atoms with Crippen molar-refractivity contribution in [3.05, 3.63) is 44.9 Å². The number of H-pyrrole nitrogens is 1. The lowest BCUT2D eigenvalue weighted by atomic mass is 10.0. The number of aromatic nitrogens is 2. The number of aliphatic hydroxyl groups excluding tert-OH is 2. The van der Waals surface area contributed by atoms with Crippen LogP contribution in [0.2, 0.25) is 0 Å². The zero-order valence-corrected chi connectivity index (χ0v) is 28.1. The molecule has 2 fully saturated rings. The molecule has 4 heterocycles. The molecule has 0 aromatic carbocycles. The van der Waals surface area contributed by atoms with E-state index >= 15 is 0 Å². The zero-order valence-electron chi connectivity index (χ0n) is 28.1. The predicted molar refractivity (Wildman–Crippen MR) is 172 cm³/mol. The number of nitrogens with two attached hydrogens (primary N) is 1. The number of rotatable bonds is 16. The van der Waals surface area contributed by atoms with Crippen LogP contribution in [-0.2, 0) is 38.1 Å². The van der Waals surface area contributed by atoms with Crippen LogP contribution in [-0.4, -0.2) is 106 Å². The molecule has 17 nitrogen and oxygen atoms in total. The molecule has 0 bridgehead atoms. The molecule has 0 saturated carbocycles. The maximum Gasteiger partial charge on any atom is 0.330 e. The highest BCUT2D eigenvalue weighted by Crippen LogP contribution is 2.36. The number of ether oxygens (including phenoxy) is 5. The van der Waals surface area contributed by atoms with Crippen LogP contribution in [0.3, 0.4) is 0 Å². The van der Waals surface area contributed by atoms with Gasteiger partial charge in [0.25, 0.3) is 11.5 Å². The van der Waals surface area contributed by atoms with Crippen molar-refractivity contribution >= 4 is 17.7 Å². The van der Waals surface area contributed by atoms with Crippen molar-refractivity contribution in [2.75, 3.05) is 13.7 Å². The van der Waals surface area contributed by atoms with E-state index in [-0.39, 0.29) is 18.6 Å². The van der Waals surface area contributed by atoms with Gasteiger partial charge in [0.15, 0.2) is 18.1 Å². The van der Waals surface area contributed by atoms with Crippen LogP contribution in [0.5, 0.6) is 0 Å². The molecule has 49 heavy (non-hydrogen) atoms. The van der Waals surface area contributed by atoms with Crippen molar-refractivity contribution in [3.63, 3.8) is 0 Å². The number of nitrogens with one attached hydrogen (secondary N) is 3. The number of amides is 3. The van der Waals surface area contributed by atoms with Crippen LogP contribution in [0.4, 0.5) is 0 Å². The summed E-state index contributed by atoms with van der Waals surface area (Å²) in [5, 5.41) is 26.7. The summed E-state index contributed by atoms with van der Waals surface area (Å²) in [6.45, 7) is 4.25. The molecule has 1 aromatic rings. The lowest BCUT2D eigenvalue weighted by molar-refractivity contribution is -0.241. The van der Waals surface area contributed by atoms with Gasteiger partial charge in [-0.1, -0.05) is 39.0 Å². The molecule has 1 aromatic heterocycles. The monoisotopic (exact) mass is 695 g/mol. The molecule has 0 radical (unpaired) electrons. The number of carbonyl (C=O) groups is 3. The Labute approximate surface area is 283 Å². The Morgan fingerprint density at radius 3 is 2.55 bits per heavy atom. The van der Waals surface area contributed by atoms with E-state index < -0.39 is 84.0 Å². The number of aromatic amines is 1. The molecule has 274 valence electrons. The first-order valence-electron chi connectivity index (χ1n) is 16.9. The van der Waals surface area contributed by atoms with Gasteiger partial charge in [0.2, 0.25) is 18.1 Å². The Kier molecular flexibility index (Phi) is 13.9. The quantitative estimate of drug-likeness (QED) is 0.117. The van der Waals surface area contributed by atoms with Gasteiger partial charge in [-0.25, -0.2) is 4.79 Å². The molecule has 0 unspecified atom stereocenters. The number of methoxy groups -OCH3 is 1. The van der Waals surface area contributed by atoms with Gasteiger partial charge in [-0.2, -0.15) is 0 Å². The van der Waals surface area contributed by atoms with E-state index in [1.54, 1.807) is 0 Å². The first kappa shape index (κ1) is 38.2. The predicted octanol–water partition coefficient (Wildman–Crippen LogP) is -0.799. The Bertz CT molecular complexity index is 1430. The Hall–Kier alpha value is -3.61. The molecular weight excluding hydrogens is 646 g/mol. The summed E-state index contributed by atoms with van der Waals surface area (Å²) in [6, 6.07) is 0.203. The number of hydrogen-bond donors (Lipinski definition) is 6. The fourth-order valence-corrected chi connectivity index (χ4v) is 6.19. The van der Waals surface area contributed by atoms with Gasteiger partial charge < -0.3 is 50.3 Å². The fourth-order valence-electron chi connectivity index (χ4n) is 6.19. The fraction of sp³-hybridized carbons (Fsp3) is 0.719. The van der Waals surface area contributed by atoms with Gasteiger partial charge in [0.05, 0.1) is 0 Å². The smallest absolute Gasteiger partial charge is 0.330 e. The topological polar surface area (TPSA) is 243 Å². The van der Waals surface area contributed by atoms with Crippen molar-refractivity contribution in [3.8, 4) is 0 Å². The number of aliphatic hydroxyl groups is 2. The van der Waals surface area contributed by atoms with Crippen molar-refractivity contribution in [1.29, 1.82) is 0 Å². The van der Waals surface area contributed by atoms with Crippen LogP contribution in [0.1, 0.15) is 77.9 Å². The minimum atomic E-state index is -1.81. The zero-order chi connectivity index (χ0) is 35.7. The van der Waals surface area contributed by atoms with Gasteiger partial charge in [-0.15, -0.1) is 0 Å². The molecule has 17 heteroatoms. The molecule has 7 N–H and O–H groups in total. The van der Waals surface area contributed by atoms with Crippen molar-refractivity contribution in [2.24, 2.45) is 5.73 Å². The third kappa shape index (κ3) is 9.76. The van der Waals surface area contributed by atoms with Crippen molar-refractivity contribution < 1.29 is 48.3 Å². The summed E-state index contributed by atoms with van der Waals surface area (Å²) < 4.78 is 30.6. The number of primary amides is 1. The number of nitrogens with zero attached hydrogens (tertiary/aromatic N) is 1. The minimum absolute atomic E-state index is 0.0586. The molecule has 3 aliphatic rings. The molecule has 0 spiro atoms. The lowest BCUT2D eigenvalue weighted by Crippen LogP contribution is -2.54. The third-order valence-corrected chi connectivity index (χ3v) is 8.85. The van der Waals surface area contributed by atoms with E-state index in [0.717, 1.165) is 55.2 Å². The largest absolute Gasteiger partial charge is 0.456 e. The molecule has 2 saturated heterocycles. The molecule has 0 aliphatic carbocycles. The molecule has 3 aliphatic heterocycles. The Morgan fingerprint density at radius 2 is 1.86 bits per heavy atom. The average molecular weight is 696 g/mol. The molecule has 3 amide bonds. The van der Waals surface area contributed by atoms with E-state index in [4.69, 9.17) is 29.4 Å². The highest BCUT2D eigenvalue weighted by atomic mass is 16.7. The second-order valence-corrected chi connectivity index (χ2v) is 12.6. The van der Waals surface area contributed by atoms with E-state index in [2.05, 4.69) is 22.5 Å². The Balaban J connectivity index is 1.52. The minimum Gasteiger partial charge on any atom is -0.456 e. The van der Waals surface area contributed by atoms with Crippen LogP contribution in [0, 0.1) is 0 Å². The van der Waals surface area contributed by atoms with Crippen LogP contribution >= 0.6 is 0 Å². The summed E-state index contributed by atoms with van der Waals surface area (Å²) in [6.07, 6.45) is -1.67. The van der Waals surface area contributed by atoms with E-state index in [0.29, 0.717) is 19.3 Å². The molecule has 4 rings (SSSR count). The maximum absolute atomic E-state index is 13.1. The van der Waals surface area contributed by atoms with Gasteiger partial charge in [-0.3, -0.25) is 28.7 Å². The summed E-state index contributed by atoms with van der Waals surface area (Å²) in [5.41, 5.74) is 4.32. The second kappa shape index (κ2) is 17.9. The highest BCUT2D eigenvalue weighted by Gasteiger charge is 2.53. The standard InChI is InChI=1S/C32H49N5O12/c1-4-5-6-7-8-9-15-46-26-23(45-3)24(48-30(26)37-14-13-21(39)36-32(37)44)25(27(33)41)49-31-22(40)19(38)16-20(47-31)29(43)35-18-12-10-11-17(2)34-28(18)42/h13-14,16-19,22-26,30-31,38,40H,4-12,15H2,1-3H3,(H2,33,41)(H,34,42)(H,35,43)(H,36,39,44)/t17-,18-,19-,22-,23+,24-,25+,26+,30+,31+/m0/s1. The Morgan fingerprint density at radius 1 is 1.12 bits per heavy atom. The second-order valence-electron chi connectivity index (χ2n) is 12.6.